The van der Waals surface area contributed by atoms with Crippen LogP contribution >= 0.6 is 0 Å². The number of hydrogen-bond acceptors (Lipinski definition) is 4. The van der Waals surface area contributed by atoms with Crippen LogP contribution in [-0.4, -0.2) is 23.7 Å². The van der Waals surface area contributed by atoms with Crippen molar-refractivity contribution in [3.8, 4) is 0 Å². The van der Waals surface area contributed by atoms with Crippen LogP contribution < -0.4 is 0 Å². The number of rotatable bonds is 1. The molecule has 1 aliphatic heterocycles. The fraction of sp³-hybridized carbons (Fsp3) is 0.500. The van der Waals surface area contributed by atoms with Crippen LogP contribution in [0.25, 0.3) is 0 Å². The molecular formula is C4H6N2O2. The molecule has 0 unspecified atom stereocenters. The van der Waals surface area contributed by atoms with Crippen LogP contribution in [0.3, 0.4) is 0 Å². The SMILES string of the molecule is O/N=C\C1=NOCC1. The van der Waals surface area contributed by atoms with Gasteiger partial charge in [-0.3, -0.25) is 0 Å². The maximum absolute atomic E-state index is 7.96. The molecule has 0 saturated carbocycles. The molecule has 1 heterocycles. The number of oxime groups is 2. The maximum atomic E-state index is 7.96. The molecule has 0 bridgehead atoms. The molecule has 0 aromatic carbocycles. The Morgan fingerprint density at radius 3 is 3.25 bits per heavy atom. The van der Waals surface area contributed by atoms with Crippen molar-refractivity contribution in [3.63, 3.8) is 0 Å². The first-order chi connectivity index (χ1) is 3.93. The summed E-state index contributed by atoms with van der Waals surface area (Å²) in [5.74, 6) is 0. The summed E-state index contributed by atoms with van der Waals surface area (Å²) < 4.78 is 0. The van der Waals surface area contributed by atoms with E-state index in [-0.39, 0.29) is 0 Å². The van der Waals surface area contributed by atoms with Crippen LogP contribution in [0.1, 0.15) is 6.42 Å². The van der Waals surface area contributed by atoms with E-state index in [0.29, 0.717) is 12.3 Å². The third kappa shape index (κ3) is 0.959. The Bertz CT molecular complexity index is 130. The van der Waals surface area contributed by atoms with E-state index in [1.165, 1.54) is 6.21 Å². The lowest BCUT2D eigenvalue weighted by molar-refractivity contribution is 0.174. The van der Waals surface area contributed by atoms with E-state index in [9.17, 15) is 0 Å². The molecule has 0 fully saturated rings. The molecule has 4 nitrogen and oxygen atoms in total. The Morgan fingerprint density at radius 1 is 1.88 bits per heavy atom. The molecule has 0 saturated heterocycles. The summed E-state index contributed by atoms with van der Waals surface area (Å²) in [4.78, 5) is 4.60. The van der Waals surface area contributed by atoms with Crippen molar-refractivity contribution in [3.05, 3.63) is 0 Å². The molecule has 0 aromatic rings. The first-order valence-electron chi connectivity index (χ1n) is 2.30. The van der Waals surface area contributed by atoms with Crippen LogP contribution in [0.4, 0.5) is 0 Å². The van der Waals surface area contributed by atoms with Gasteiger partial charge >= 0.3 is 0 Å². The standard InChI is InChI=1S/C4H6N2O2/c7-5-3-4-1-2-8-6-4/h3,7H,1-2H2/b5-3-. The topological polar surface area (TPSA) is 54.2 Å². The lowest BCUT2D eigenvalue weighted by atomic mass is 10.3. The summed E-state index contributed by atoms with van der Waals surface area (Å²) in [6, 6.07) is 0. The normalized spacial score (nSPS) is 18.8. The lowest BCUT2D eigenvalue weighted by Crippen LogP contribution is -1.94. The number of hydrogen-bond donors (Lipinski definition) is 1. The maximum Gasteiger partial charge on any atom is 0.122 e. The summed E-state index contributed by atoms with van der Waals surface area (Å²) in [6.45, 7) is 0.599. The molecule has 4 heteroatoms. The summed E-state index contributed by atoms with van der Waals surface area (Å²) in [5, 5.41) is 14.3. The average molecular weight is 114 g/mol. The van der Waals surface area contributed by atoms with Gasteiger partial charge in [-0.2, -0.15) is 0 Å². The Balaban J connectivity index is 2.45. The zero-order chi connectivity index (χ0) is 5.82. The van der Waals surface area contributed by atoms with Gasteiger partial charge in [0, 0.05) is 6.42 Å². The van der Waals surface area contributed by atoms with Crippen molar-refractivity contribution in [2.45, 2.75) is 6.42 Å². The summed E-state index contributed by atoms with van der Waals surface area (Å²) in [7, 11) is 0. The van der Waals surface area contributed by atoms with E-state index in [1.54, 1.807) is 0 Å². The van der Waals surface area contributed by atoms with E-state index in [1.807, 2.05) is 0 Å². The van der Waals surface area contributed by atoms with Gasteiger partial charge in [-0.05, 0) is 0 Å². The third-order valence-corrected chi connectivity index (χ3v) is 0.838. The highest BCUT2D eigenvalue weighted by atomic mass is 16.6. The highest BCUT2D eigenvalue weighted by Crippen LogP contribution is 1.96. The summed E-state index contributed by atoms with van der Waals surface area (Å²) >= 11 is 0. The molecule has 1 rings (SSSR count). The first kappa shape index (κ1) is 5.08. The van der Waals surface area contributed by atoms with Crippen LogP contribution in [-0.2, 0) is 4.84 Å². The Hall–Kier alpha value is -1.06. The van der Waals surface area contributed by atoms with Gasteiger partial charge in [0.2, 0.25) is 0 Å². The smallest absolute Gasteiger partial charge is 0.122 e. The van der Waals surface area contributed by atoms with Crippen LogP contribution in [0.5, 0.6) is 0 Å². The molecule has 44 valence electrons. The molecule has 0 aliphatic carbocycles. The third-order valence-electron chi connectivity index (χ3n) is 0.838. The van der Waals surface area contributed by atoms with Crippen molar-refractivity contribution in [2.24, 2.45) is 10.3 Å². The van der Waals surface area contributed by atoms with Crippen LogP contribution in [0.2, 0.25) is 0 Å². The molecule has 0 radical (unpaired) electrons. The fourth-order valence-corrected chi connectivity index (χ4v) is 0.479. The van der Waals surface area contributed by atoms with Crippen molar-refractivity contribution in [1.82, 2.24) is 0 Å². The zero-order valence-electron chi connectivity index (χ0n) is 4.24. The predicted octanol–water partition coefficient (Wildman–Crippen LogP) is 0.223. The minimum atomic E-state index is 0.599. The minimum Gasteiger partial charge on any atom is -0.411 e. The lowest BCUT2D eigenvalue weighted by Gasteiger charge is -1.76. The highest BCUT2D eigenvalue weighted by molar-refractivity contribution is 6.30. The van der Waals surface area contributed by atoms with Gasteiger partial charge in [0.15, 0.2) is 0 Å². The second kappa shape index (κ2) is 2.30. The average Bonchev–Trinajstić information content (AvgIpc) is 2.19. The van der Waals surface area contributed by atoms with Crippen molar-refractivity contribution < 1.29 is 10.0 Å². The van der Waals surface area contributed by atoms with Crippen LogP contribution in [0, 0.1) is 0 Å². The van der Waals surface area contributed by atoms with Gasteiger partial charge in [0.25, 0.3) is 0 Å². The summed E-state index contributed by atoms with van der Waals surface area (Å²) in [5.41, 5.74) is 0.688. The molecule has 0 amide bonds. The Morgan fingerprint density at radius 2 is 2.75 bits per heavy atom. The highest BCUT2D eigenvalue weighted by Gasteiger charge is 2.03. The Kier molecular flexibility index (Phi) is 1.46. The van der Waals surface area contributed by atoms with Crippen LogP contribution in [0.15, 0.2) is 10.3 Å². The molecule has 0 atom stereocenters. The van der Waals surface area contributed by atoms with Gasteiger partial charge in [0.05, 0.1) is 6.21 Å². The fourth-order valence-electron chi connectivity index (χ4n) is 0.479. The van der Waals surface area contributed by atoms with Crippen molar-refractivity contribution >= 4 is 11.9 Å². The minimum absolute atomic E-state index is 0.599. The van der Waals surface area contributed by atoms with E-state index < -0.39 is 0 Å². The molecule has 0 aromatic heterocycles. The van der Waals surface area contributed by atoms with E-state index >= 15 is 0 Å². The molecule has 1 aliphatic rings. The van der Waals surface area contributed by atoms with Gasteiger partial charge in [-0.15, -0.1) is 0 Å². The van der Waals surface area contributed by atoms with Gasteiger partial charge < -0.3 is 10.0 Å². The molecule has 1 N–H and O–H groups in total. The second-order valence-corrected chi connectivity index (χ2v) is 1.41. The predicted molar refractivity (Wildman–Crippen MR) is 28.3 cm³/mol. The largest absolute Gasteiger partial charge is 0.411 e. The first-order valence-corrected chi connectivity index (χ1v) is 2.30. The molecular weight excluding hydrogens is 108 g/mol. The monoisotopic (exact) mass is 114 g/mol. The Labute approximate surface area is 46.4 Å². The van der Waals surface area contributed by atoms with Crippen molar-refractivity contribution in [2.75, 3.05) is 6.61 Å². The van der Waals surface area contributed by atoms with Gasteiger partial charge in [-0.25, -0.2) is 0 Å². The van der Waals surface area contributed by atoms with Gasteiger partial charge in [0.1, 0.15) is 12.3 Å². The van der Waals surface area contributed by atoms with E-state index in [2.05, 4.69) is 15.1 Å². The van der Waals surface area contributed by atoms with Gasteiger partial charge in [-0.1, -0.05) is 10.3 Å². The zero-order valence-corrected chi connectivity index (χ0v) is 4.24. The van der Waals surface area contributed by atoms with Crippen molar-refractivity contribution in [1.29, 1.82) is 0 Å². The van der Waals surface area contributed by atoms with E-state index in [4.69, 9.17) is 5.21 Å². The molecule has 8 heavy (non-hydrogen) atoms. The van der Waals surface area contributed by atoms with E-state index in [0.717, 1.165) is 6.42 Å². The quantitative estimate of drug-likeness (QED) is 0.301. The summed E-state index contributed by atoms with van der Waals surface area (Å²) in [6.07, 6.45) is 2.01. The number of nitrogens with zero attached hydrogens (tertiary/aromatic N) is 2. The second-order valence-electron chi connectivity index (χ2n) is 1.41. The molecule has 0 spiro atoms.